The Labute approximate surface area is 105 Å². The zero-order valence-corrected chi connectivity index (χ0v) is 9.83. The van der Waals surface area contributed by atoms with Gasteiger partial charge in [0.2, 0.25) is 5.71 Å². The summed E-state index contributed by atoms with van der Waals surface area (Å²) in [5.41, 5.74) is 11.2. The third kappa shape index (κ3) is 2.64. The van der Waals surface area contributed by atoms with Gasteiger partial charge in [-0.2, -0.15) is 10.4 Å². The van der Waals surface area contributed by atoms with Crippen LogP contribution in [0.15, 0.2) is 23.3 Å². The molecule has 1 aliphatic rings. The molecule has 92 valence electrons. The molecule has 18 heavy (non-hydrogen) atoms. The Balaban J connectivity index is 2.16. The lowest BCUT2D eigenvalue weighted by Crippen LogP contribution is -2.23. The molecule has 1 aromatic rings. The van der Waals surface area contributed by atoms with E-state index in [1.54, 1.807) is 6.07 Å². The van der Waals surface area contributed by atoms with Gasteiger partial charge in [0, 0.05) is 6.54 Å². The highest BCUT2D eigenvalue weighted by molar-refractivity contribution is 6.45. The van der Waals surface area contributed by atoms with Gasteiger partial charge in [-0.1, -0.05) is 6.07 Å². The molecule has 0 fully saturated rings. The van der Waals surface area contributed by atoms with Gasteiger partial charge in [-0.3, -0.25) is 10.8 Å². The molecule has 6 heteroatoms. The number of fused-ring (bicyclic) bond motifs is 1. The smallest absolute Gasteiger partial charge is 0.201 e. The zero-order valence-electron chi connectivity index (χ0n) is 9.83. The normalized spacial score (nSPS) is 14.5. The van der Waals surface area contributed by atoms with Crippen molar-refractivity contribution in [1.29, 1.82) is 10.7 Å². The average molecular weight is 242 g/mol. The van der Waals surface area contributed by atoms with E-state index in [0.717, 1.165) is 25.2 Å². The van der Waals surface area contributed by atoms with Crippen LogP contribution in [0.4, 0.5) is 5.69 Å². The molecule has 5 N–H and O–H groups in total. The van der Waals surface area contributed by atoms with Gasteiger partial charge >= 0.3 is 0 Å². The number of nitriles is 1. The Hall–Kier alpha value is -2.39. The maximum absolute atomic E-state index is 8.72. The van der Waals surface area contributed by atoms with Crippen LogP contribution in [0.2, 0.25) is 0 Å². The van der Waals surface area contributed by atoms with Crippen molar-refractivity contribution in [2.45, 2.75) is 13.0 Å². The van der Waals surface area contributed by atoms with Gasteiger partial charge in [-0.05, 0) is 36.2 Å². The lowest BCUT2D eigenvalue weighted by molar-refractivity contribution is 0.644. The number of hydrogen-bond donors (Lipinski definition) is 4. The second kappa shape index (κ2) is 5.29. The third-order valence-electron chi connectivity index (χ3n) is 2.75. The van der Waals surface area contributed by atoms with Crippen LogP contribution in [0.5, 0.6) is 0 Å². The lowest BCUT2D eigenvalue weighted by Gasteiger charge is -2.17. The molecule has 0 aromatic heterocycles. The summed E-state index contributed by atoms with van der Waals surface area (Å²) in [4.78, 5) is 0. The fourth-order valence-corrected chi connectivity index (χ4v) is 1.81. The van der Waals surface area contributed by atoms with E-state index in [-0.39, 0.29) is 11.5 Å². The first kappa shape index (κ1) is 12.1. The number of rotatable bonds is 3. The predicted octanol–water partition coefficient (Wildman–Crippen LogP) is 0.560. The summed E-state index contributed by atoms with van der Waals surface area (Å²) in [5.74, 6) is -0.341. The number of nitrogens with one attached hydrogen (secondary N) is 3. The Kier molecular flexibility index (Phi) is 3.55. The maximum atomic E-state index is 8.72. The first-order chi connectivity index (χ1) is 8.70. The zero-order chi connectivity index (χ0) is 13.0. The van der Waals surface area contributed by atoms with Crippen LogP contribution in [-0.2, 0) is 13.0 Å². The van der Waals surface area contributed by atoms with Crippen molar-refractivity contribution in [3.63, 3.8) is 0 Å². The van der Waals surface area contributed by atoms with Gasteiger partial charge in [-0.15, -0.1) is 0 Å². The summed E-state index contributed by atoms with van der Waals surface area (Å²) in [5, 5.41) is 23.0. The predicted molar refractivity (Wildman–Crippen MR) is 70.4 cm³/mol. The first-order valence-corrected chi connectivity index (χ1v) is 5.61. The van der Waals surface area contributed by atoms with Crippen LogP contribution in [0.1, 0.15) is 11.1 Å². The van der Waals surface area contributed by atoms with Crippen LogP contribution in [0.3, 0.4) is 0 Å². The number of amidine groups is 1. The van der Waals surface area contributed by atoms with Gasteiger partial charge in [0.15, 0.2) is 5.84 Å². The van der Waals surface area contributed by atoms with Gasteiger partial charge < -0.3 is 11.1 Å². The van der Waals surface area contributed by atoms with Gasteiger partial charge in [0.05, 0.1) is 5.69 Å². The number of anilines is 1. The highest BCUT2D eigenvalue weighted by Crippen LogP contribution is 2.18. The number of nitrogens with two attached hydrogens (primary N) is 1. The molecular weight excluding hydrogens is 228 g/mol. The molecular formula is C12H14N6. The molecule has 6 nitrogen and oxygen atoms in total. The van der Waals surface area contributed by atoms with Crippen molar-refractivity contribution in [1.82, 2.24) is 5.32 Å². The highest BCUT2D eigenvalue weighted by atomic mass is 15.3. The SMILES string of the molecule is N#C/C(=N\Nc1ccc2c(c1)CCNC2)C(=N)N. The van der Waals surface area contributed by atoms with Crippen molar-refractivity contribution in [3.8, 4) is 6.07 Å². The summed E-state index contributed by atoms with van der Waals surface area (Å²) >= 11 is 0. The molecule has 0 atom stereocenters. The number of hydrogen-bond acceptors (Lipinski definition) is 5. The van der Waals surface area contributed by atoms with Crippen LogP contribution in [0.25, 0.3) is 0 Å². The average Bonchev–Trinajstić information content (AvgIpc) is 2.39. The van der Waals surface area contributed by atoms with E-state index in [2.05, 4.69) is 15.8 Å². The summed E-state index contributed by atoms with van der Waals surface area (Å²) < 4.78 is 0. The van der Waals surface area contributed by atoms with E-state index < -0.39 is 0 Å². The summed E-state index contributed by atoms with van der Waals surface area (Å²) in [6.45, 7) is 1.85. The van der Waals surface area contributed by atoms with Crippen LogP contribution < -0.4 is 16.5 Å². The Morgan fingerprint density at radius 1 is 1.50 bits per heavy atom. The second-order valence-electron chi connectivity index (χ2n) is 4.01. The van der Waals surface area contributed by atoms with E-state index in [0.29, 0.717) is 0 Å². The maximum Gasteiger partial charge on any atom is 0.201 e. The van der Waals surface area contributed by atoms with Crippen LogP contribution in [-0.4, -0.2) is 18.1 Å². The molecule has 2 rings (SSSR count). The monoisotopic (exact) mass is 242 g/mol. The van der Waals surface area contributed by atoms with Crippen molar-refractivity contribution >= 4 is 17.2 Å². The van der Waals surface area contributed by atoms with Gasteiger partial charge in [0.25, 0.3) is 0 Å². The number of hydrazone groups is 1. The molecule has 0 amide bonds. The van der Waals surface area contributed by atoms with Crippen molar-refractivity contribution in [2.75, 3.05) is 12.0 Å². The molecule has 1 heterocycles. The van der Waals surface area contributed by atoms with Crippen LogP contribution >= 0.6 is 0 Å². The Morgan fingerprint density at radius 3 is 3.06 bits per heavy atom. The van der Waals surface area contributed by atoms with E-state index in [9.17, 15) is 0 Å². The van der Waals surface area contributed by atoms with Crippen molar-refractivity contribution < 1.29 is 0 Å². The van der Waals surface area contributed by atoms with Crippen LogP contribution in [0, 0.1) is 16.7 Å². The lowest BCUT2D eigenvalue weighted by atomic mass is 10.0. The molecule has 0 saturated carbocycles. The topological polar surface area (TPSA) is 110 Å². The minimum atomic E-state index is -0.341. The molecule has 0 aliphatic carbocycles. The molecule has 0 spiro atoms. The Bertz CT molecular complexity index is 540. The molecule has 0 bridgehead atoms. The minimum absolute atomic E-state index is 0.116. The summed E-state index contributed by atoms with van der Waals surface area (Å²) in [7, 11) is 0. The Morgan fingerprint density at radius 2 is 2.33 bits per heavy atom. The third-order valence-corrected chi connectivity index (χ3v) is 2.75. The van der Waals surface area contributed by atoms with E-state index in [1.807, 2.05) is 18.2 Å². The quantitative estimate of drug-likeness (QED) is 0.352. The van der Waals surface area contributed by atoms with Gasteiger partial charge in [0.1, 0.15) is 6.07 Å². The second-order valence-corrected chi connectivity index (χ2v) is 4.01. The molecule has 0 radical (unpaired) electrons. The fraction of sp³-hybridized carbons (Fsp3) is 0.250. The number of nitrogens with zero attached hydrogens (tertiary/aromatic N) is 2. The molecule has 1 aromatic carbocycles. The standard InChI is InChI=1S/C12H14N6/c13-6-11(12(14)15)18-17-10-2-1-9-7-16-4-3-8(9)5-10/h1-2,5,16-17H,3-4,7H2,(H3,14,15)/b18-11+. The van der Waals surface area contributed by atoms with Gasteiger partial charge in [-0.25, -0.2) is 0 Å². The summed E-state index contributed by atoms with van der Waals surface area (Å²) in [6, 6.07) is 7.69. The van der Waals surface area contributed by atoms with E-state index in [4.69, 9.17) is 16.4 Å². The van der Waals surface area contributed by atoms with Crippen molar-refractivity contribution in [3.05, 3.63) is 29.3 Å². The van der Waals surface area contributed by atoms with E-state index >= 15 is 0 Å². The molecule has 0 unspecified atom stereocenters. The highest BCUT2D eigenvalue weighted by Gasteiger charge is 2.08. The minimum Gasteiger partial charge on any atom is -0.382 e. The number of benzene rings is 1. The molecule has 0 saturated heterocycles. The summed E-state index contributed by atoms with van der Waals surface area (Å²) in [6.07, 6.45) is 0.979. The van der Waals surface area contributed by atoms with E-state index in [1.165, 1.54) is 11.1 Å². The fourth-order valence-electron chi connectivity index (χ4n) is 1.81. The first-order valence-electron chi connectivity index (χ1n) is 5.61. The van der Waals surface area contributed by atoms with Crippen molar-refractivity contribution in [2.24, 2.45) is 10.8 Å². The molecule has 1 aliphatic heterocycles. The largest absolute Gasteiger partial charge is 0.382 e.